The van der Waals surface area contributed by atoms with E-state index in [2.05, 4.69) is 10.3 Å². The van der Waals surface area contributed by atoms with E-state index < -0.39 is 20.9 Å². The fraction of sp³-hybridized carbons (Fsp3) is 0.467. The van der Waals surface area contributed by atoms with Crippen molar-refractivity contribution in [2.45, 2.75) is 82.2 Å². The van der Waals surface area contributed by atoms with Crippen molar-refractivity contribution in [1.29, 1.82) is 0 Å². The van der Waals surface area contributed by atoms with Crippen LogP contribution in [0.4, 0.5) is 5.69 Å². The fourth-order valence-electron chi connectivity index (χ4n) is 6.81. The van der Waals surface area contributed by atoms with Crippen molar-refractivity contribution in [3.8, 4) is 0 Å². The topological polar surface area (TPSA) is 208 Å². The Morgan fingerprint density at radius 2 is 1.91 bits per heavy atom. The van der Waals surface area contributed by atoms with Gasteiger partial charge in [-0.15, -0.1) is 0 Å². The molecule has 2 aliphatic carbocycles. The molecule has 0 radical (unpaired) electrons. The van der Waals surface area contributed by atoms with Gasteiger partial charge in [0.05, 0.1) is 41.3 Å². The third kappa shape index (κ3) is 5.87. The van der Waals surface area contributed by atoms with E-state index in [4.69, 9.17) is 36.0 Å². The van der Waals surface area contributed by atoms with Gasteiger partial charge in [-0.05, 0) is 61.8 Å². The molecule has 5 atom stereocenters. The quantitative estimate of drug-likeness (QED) is 0.180. The van der Waals surface area contributed by atoms with Crippen LogP contribution < -0.4 is 21.7 Å². The van der Waals surface area contributed by atoms with Crippen molar-refractivity contribution in [3.05, 3.63) is 73.5 Å². The van der Waals surface area contributed by atoms with Crippen LogP contribution >= 0.6 is 11.6 Å². The molecule has 16 heteroatoms. The minimum absolute atomic E-state index is 0.163. The number of anilines is 1. The lowest BCUT2D eigenvalue weighted by atomic mass is 9.88. The molecule has 5 N–H and O–H groups in total. The summed E-state index contributed by atoms with van der Waals surface area (Å²) in [5.41, 5.74) is 0.434. The Labute approximate surface area is 268 Å². The third-order valence-corrected chi connectivity index (χ3v) is 10.2. The number of carbonyl (C=O) groups is 1. The highest BCUT2D eigenvalue weighted by Gasteiger charge is 2.63. The first-order valence-electron chi connectivity index (χ1n) is 15.2. The molecular weight excluding hydrogens is 640 g/mol. The molecule has 14 nitrogen and oxygen atoms in total. The highest BCUT2D eigenvalue weighted by Crippen LogP contribution is 2.61. The second-order valence-electron chi connectivity index (χ2n) is 11.9. The number of primary sulfonamides is 1. The number of aromatic carboxylic acids is 1. The largest absolute Gasteiger partial charge is 0.478 e. The summed E-state index contributed by atoms with van der Waals surface area (Å²) in [6.45, 7) is 5.24. The van der Waals surface area contributed by atoms with Gasteiger partial charge in [-0.1, -0.05) is 25.4 Å². The number of hydrogen-bond acceptors (Lipinski definition) is 9. The number of epoxide rings is 1. The lowest BCUT2D eigenvalue weighted by molar-refractivity contribution is 0.0697. The molecule has 1 aromatic carbocycles. The van der Waals surface area contributed by atoms with E-state index in [9.17, 15) is 22.8 Å². The Bertz CT molecular complexity index is 2020. The van der Waals surface area contributed by atoms with E-state index in [0.717, 1.165) is 31.2 Å². The summed E-state index contributed by atoms with van der Waals surface area (Å²) in [4.78, 5) is 44.4. The number of carboxylic acid groups (broad SMARTS) is 1. The molecule has 3 aliphatic rings. The number of furan rings is 1. The summed E-state index contributed by atoms with van der Waals surface area (Å²) in [6, 6.07) is 5.51. The number of aryl methyl sites for hydroxylation is 1. The number of ether oxygens (including phenoxy) is 1. The molecule has 2 bridgehead atoms. The van der Waals surface area contributed by atoms with Crippen molar-refractivity contribution in [3.63, 3.8) is 0 Å². The SMILES string of the molecule is CCCn1c(=O)c2[nH]c([C@H]3CC4CC3[C@H]3OC43)nc2n(CCC)c1=O.NS(=O)(=O)c1cc(C(=O)O)c(NCc2ccco2)cc1Cl. The van der Waals surface area contributed by atoms with Gasteiger partial charge >= 0.3 is 11.7 Å². The van der Waals surface area contributed by atoms with Crippen LogP contribution in [0.5, 0.6) is 0 Å². The van der Waals surface area contributed by atoms with Crippen molar-refractivity contribution < 1.29 is 27.5 Å². The molecule has 0 amide bonds. The predicted octanol–water partition coefficient (Wildman–Crippen LogP) is 3.49. The molecule has 1 saturated heterocycles. The molecule has 1 aliphatic heterocycles. The maximum atomic E-state index is 12.8. The molecule has 4 heterocycles. The van der Waals surface area contributed by atoms with Crippen molar-refractivity contribution in [2.24, 2.45) is 17.0 Å². The van der Waals surface area contributed by atoms with Crippen LogP contribution in [-0.2, 0) is 34.4 Å². The van der Waals surface area contributed by atoms with Gasteiger partial charge in [-0.25, -0.2) is 28.1 Å². The summed E-state index contributed by atoms with van der Waals surface area (Å²) in [7, 11) is -4.11. The second-order valence-corrected chi connectivity index (χ2v) is 13.8. The minimum atomic E-state index is -4.11. The Balaban J connectivity index is 0.000000165. The summed E-state index contributed by atoms with van der Waals surface area (Å²) >= 11 is 5.84. The molecule has 3 unspecified atom stereocenters. The Hall–Kier alpha value is -3.92. The first kappa shape index (κ1) is 32.0. The Morgan fingerprint density at radius 3 is 2.52 bits per heavy atom. The number of fused-ring (bicyclic) bond motifs is 6. The molecule has 46 heavy (non-hydrogen) atoms. The number of rotatable bonds is 10. The number of H-pyrrole nitrogens is 1. The monoisotopic (exact) mass is 674 g/mol. The van der Waals surface area contributed by atoms with Gasteiger partial charge in [0.15, 0.2) is 5.65 Å². The Morgan fingerprint density at radius 1 is 1.17 bits per heavy atom. The number of benzene rings is 1. The molecule has 2 saturated carbocycles. The Kier molecular flexibility index (Phi) is 8.61. The first-order chi connectivity index (χ1) is 21.9. The first-order valence-corrected chi connectivity index (χ1v) is 17.1. The lowest BCUT2D eigenvalue weighted by Gasteiger charge is -2.16. The molecule has 0 spiro atoms. The number of aromatic amines is 1. The van der Waals surface area contributed by atoms with E-state index in [-0.39, 0.29) is 34.1 Å². The van der Waals surface area contributed by atoms with Crippen LogP contribution in [0.3, 0.4) is 0 Å². The fourth-order valence-corrected chi connectivity index (χ4v) is 7.91. The zero-order chi connectivity index (χ0) is 32.9. The molecule has 3 aromatic heterocycles. The van der Waals surface area contributed by atoms with Crippen LogP contribution in [0.2, 0.25) is 5.02 Å². The van der Waals surface area contributed by atoms with Crippen LogP contribution in [0.25, 0.3) is 11.2 Å². The van der Waals surface area contributed by atoms with Crippen molar-refractivity contribution >= 4 is 44.4 Å². The van der Waals surface area contributed by atoms with E-state index in [1.165, 1.54) is 23.3 Å². The van der Waals surface area contributed by atoms with E-state index in [1.54, 1.807) is 16.7 Å². The van der Waals surface area contributed by atoms with Gasteiger partial charge in [0, 0.05) is 19.0 Å². The van der Waals surface area contributed by atoms with Gasteiger partial charge in [0.1, 0.15) is 22.0 Å². The number of aromatic nitrogens is 4. The normalized spacial score (nSPS) is 22.8. The lowest BCUT2D eigenvalue weighted by Crippen LogP contribution is -2.40. The molecule has 246 valence electrons. The highest BCUT2D eigenvalue weighted by atomic mass is 35.5. The third-order valence-electron chi connectivity index (χ3n) is 8.86. The summed E-state index contributed by atoms with van der Waals surface area (Å²) in [5.74, 6) is 1.62. The zero-order valence-corrected chi connectivity index (χ0v) is 26.8. The van der Waals surface area contributed by atoms with Gasteiger partial charge < -0.3 is 24.6 Å². The van der Waals surface area contributed by atoms with Crippen LogP contribution in [0, 0.1) is 11.8 Å². The van der Waals surface area contributed by atoms with Gasteiger partial charge in [0.25, 0.3) is 5.56 Å². The van der Waals surface area contributed by atoms with Gasteiger partial charge in [0.2, 0.25) is 10.0 Å². The summed E-state index contributed by atoms with van der Waals surface area (Å²) in [5, 5.41) is 16.8. The molecule has 7 rings (SSSR count). The average molecular weight is 675 g/mol. The molecule has 3 fully saturated rings. The average Bonchev–Trinajstić information content (AvgIpc) is 3.41. The summed E-state index contributed by atoms with van der Waals surface area (Å²) < 4.78 is 36.6. The number of nitrogens with zero attached hydrogens (tertiary/aromatic N) is 3. The van der Waals surface area contributed by atoms with Gasteiger partial charge in [-0.2, -0.15) is 0 Å². The zero-order valence-electron chi connectivity index (χ0n) is 25.2. The standard InChI is InChI=1S/C18H24N4O3.C12H11ClN2O5S/c1-3-5-21-16-12(17(23)22(6-4-2)18(21)24)19-15(20-16)11-8-9-7-10(11)14-13(9)25-14;13-9-5-10(15-6-7-2-1-3-20-7)8(12(16)17)4-11(9)21(14,18)19/h9-11,13-14H,3-8H2,1-2H3,(H,19,20);1-5,15H,6H2,(H,16,17)(H2,14,18,19)/t9?,10?,11-,13?,14+;/m0./s1. The van der Waals surface area contributed by atoms with E-state index >= 15 is 0 Å². The summed E-state index contributed by atoms with van der Waals surface area (Å²) in [6.07, 6.45) is 6.21. The van der Waals surface area contributed by atoms with Crippen LogP contribution in [0.1, 0.15) is 67.4 Å². The van der Waals surface area contributed by atoms with Crippen molar-refractivity contribution in [2.75, 3.05) is 5.32 Å². The maximum Gasteiger partial charge on any atom is 0.337 e. The number of hydrogen-bond donors (Lipinski definition) is 4. The van der Waals surface area contributed by atoms with Crippen molar-refractivity contribution in [1.82, 2.24) is 19.1 Å². The van der Waals surface area contributed by atoms with Crippen LogP contribution in [-0.4, -0.2) is 50.8 Å². The number of nitrogens with one attached hydrogen (secondary N) is 2. The van der Waals surface area contributed by atoms with E-state index in [1.807, 2.05) is 13.8 Å². The highest BCUT2D eigenvalue weighted by molar-refractivity contribution is 7.89. The minimum Gasteiger partial charge on any atom is -0.478 e. The van der Waals surface area contributed by atoms with Gasteiger partial charge in [-0.3, -0.25) is 13.9 Å². The molecular formula is C30H35ClN6O8S. The predicted molar refractivity (Wildman–Crippen MR) is 169 cm³/mol. The molecule has 4 aromatic rings. The van der Waals surface area contributed by atoms with E-state index in [0.29, 0.717) is 60.0 Å². The second kappa shape index (κ2) is 12.4. The number of carboxylic acids is 1. The maximum absolute atomic E-state index is 12.8. The van der Waals surface area contributed by atoms with Crippen LogP contribution in [0.15, 0.2) is 49.4 Å². The number of sulfonamides is 1. The smallest absolute Gasteiger partial charge is 0.337 e. The number of halogens is 1. The number of nitrogens with two attached hydrogens (primary N) is 1. The number of imidazole rings is 1.